The number of rotatable bonds is 7. The first-order valence-electron chi connectivity index (χ1n) is 7.26. The molecule has 1 atom stereocenters. The van der Waals surface area contributed by atoms with Gasteiger partial charge in [0, 0.05) is 24.5 Å². The summed E-state index contributed by atoms with van der Waals surface area (Å²) in [6.07, 6.45) is 2.15. The van der Waals surface area contributed by atoms with Gasteiger partial charge in [0.2, 0.25) is 5.91 Å². The van der Waals surface area contributed by atoms with Gasteiger partial charge in [0.25, 0.3) is 0 Å². The van der Waals surface area contributed by atoms with Crippen molar-refractivity contribution >= 4 is 17.5 Å². The van der Waals surface area contributed by atoms with Gasteiger partial charge in [-0.05, 0) is 43.9 Å². The molecule has 0 saturated heterocycles. The summed E-state index contributed by atoms with van der Waals surface area (Å²) < 4.78 is 5.39. The van der Waals surface area contributed by atoms with Crippen molar-refractivity contribution in [2.45, 2.75) is 12.3 Å². The fourth-order valence-corrected chi connectivity index (χ4v) is 2.34. The SMILES string of the molecule is CN(C)CCNC(=O)C(Cc1ccco1)c1ccc(Cl)cc1. The van der Waals surface area contributed by atoms with E-state index in [1.165, 1.54) is 0 Å². The molecule has 118 valence electrons. The zero-order chi connectivity index (χ0) is 15.9. The number of hydrogen-bond acceptors (Lipinski definition) is 3. The monoisotopic (exact) mass is 320 g/mol. The van der Waals surface area contributed by atoms with Crippen molar-refractivity contribution < 1.29 is 9.21 Å². The van der Waals surface area contributed by atoms with Gasteiger partial charge in [-0.3, -0.25) is 4.79 Å². The molecule has 5 heteroatoms. The lowest BCUT2D eigenvalue weighted by molar-refractivity contribution is -0.122. The van der Waals surface area contributed by atoms with E-state index < -0.39 is 0 Å². The molecule has 1 aromatic carbocycles. The molecule has 0 fully saturated rings. The van der Waals surface area contributed by atoms with Gasteiger partial charge >= 0.3 is 0 Å². The second-order valence-electron chi connectivity index (χ2n) is 5.48. The van der Waals surface area contributed by atoms with E-state index in [1.807, 2.05) is 43.3 Å². The number of nitrogens with one attached hydrogen (secondary N) is 1. The molecule has 1 N–H and O–H groups in total. The van der Waals surface area contributed by atoms with Crippen LogP contribution in [0, 0.1) is 0 Å². The lowest BCUT2D eigenvalue weighted by Crippen LogP contribution is -2.35. The number of nitrogens with zero attached hydrogens (tertiary/aromatic N) is 1. The third-order valence-electron chi connectivity index (χ3n) is 3.43. The van der Waals surface area contributed by atoms with Crippen LogP contribution in [-0.2, 0) is 11.2 Å². The number of likely N-dealkylation sites (N-methyl/N-ethyl adjacent to an activating group) is 1. The second kappa shape index (κ2) is 8.01. The fraction of sp³-hybridized carbons (Fsp3) is 0.353. The van der Waals surface area contributed by atoms with Gasteiger partial charge in [0.15, 0.2) is 0 Å². The molecule has 4 nitrogen and oxygen atoms in total. The minimum absolute atomic E-state index is 0.000530. The first-order chi connectivity index (χ1) is 10.6. The summed E-state index contributed by atoms with van der Waals surface area (Å²) in [5.41, 5.74) is 0.933. The number of benzene rings is 1. The standard InChI is InChI=1S/C17H21ClN2O2/c1-20(2)10-9-19-17(21)16(12-15-4-3-11-22-15)13-5-7-14(18)8-6-13/h3-8,11,16H,9-10,12H2,1-2H3,(H,19,21). The Bertz CT molecular complexity index is 579. The van der Waals surface area contributed by atoms with Crippen LogP contribution in [0.15, 0.2) is 47.1 Å². The van der Waals surface area contributed by atoms with Crippen molar-refractivity contribution in [1.82, 2.24) is 10.2 Å². The highest BCUT2D eigenvalue weighted by molar-refractivity contribution is 6.30. The van der Waals surface area contributed by atoms with E-state index in [0.717, 1.165) is 17.9 Å². The normalized spacial score (nSPS) is 12.4. The van der Waals surface area contributed by atoms with Gasteiger partial charge in [0.05, 0.1) is 12.2 Å². The molecule has 0 bridgehead atoms. The van der Waals surface area contributed by atoms with E-state index in [1.54, 1.807) is 18.4 Å². The average Bonchev–Trinajstić information content (AvgIpc) is 2.98. The van der Waals surface area contributed by atoms with Gasteiger partial charge in [-0.15, -0.1) is 0 Å². The molecule has 22 heavy (non-hydrogen) atoms. The Labute approximate surface area is 136 Å². The van der Waals surface area contributed by atoms with E-state index in [2.05, 4.69) is 5.32 Å². The molecule has 0 aliphatic heterocycles. The van der Waals surface area contributed by atoms with E-state index in [-0.39, 0.29) is 11.8 Å². The first-order valence-corrected chi connectivity index (χ1v) is 7.64. The maximum Gasteiger partial charge on any atom is 0.228 e. The molecular weight excluding hydrogens is 300 g/mol. The minimum Gasteiger partial charge on any atom is -0.469 e. The molecule has 2 aromatic rings. The van der Waals surface area contributed by atoms with Crippen molar-refractivity contribution in [2.24, 2.45) is 0 Å². The first kappa shape index (κ1) is 16.6. The summed E-state index contributed by atoms with van der Waals surface area (Å²) in [6.45, 7) is 1.42. The molecule has 1 unspecified atom stereocenters. The quantitative estimate of drug-likeness (QED) is 0.853. The Morgan fingerprint density at radius 3 is 2.59 bits per heavy atom. The molecule has 2 rings (SSSR count). The maximum absolute atomic E-state index is 12.5. The fourth-order valence-electron chi connectivity index (χ4n) is 2.21. The Kier molecular flexibility index (Phi) is 6.04. The second-order valence-corrected chi connectivity index (χ2v) is 5.92. The molecule has 1 aromatic heterocycles. The van der Waals surface area contributed by atoms with Crippen LogP contribution in [-0.4, -0.2) is 38.0 Å². The summed E-state index contributed by atoms with van der Waals surface area (Å²) >= 11 is 5.93. The highest BCUT2D eigenvalue weighted by Gasteiger charge is 2.22. The highest BCUT2D eigenvalue weighted by Crippen LogP contribution is 2.23. The predicted octanol–water partition coefficient (Wildman–Crippen LogP) is 2.94. The zero-order valence-corrected chi connectivity index (χ0v) is 13.6. The highest BCUT2D eigenvalue weighted by atomic mass is 35.5. The van der Waals surface area contributed by atoms with Crippen molar-refractivity contribution in [1.29, 1.82) is 0 Å². The lowest BCUT2D eigenvalue weighted by Gasteiger charge is -2.17. The lowest BCUT2D eigenvalue weighted by atomic mass is 9.93. The van der Waals surface area contributed by atoms with Crippen LogP contribution in [0.25, 0.3) is 0 Å². The van der Waals surface area contributed by atoms with Crippen LogP contribution in [0.4, 0.5) is 0 Å². The van der Waals surface area contributed by atoms with Gasteiger partial charge in [0.1, 0.15) is 5.76 Å². The zero-order valence-electron chi connectivity index (χ0n) is 12.9. The number of hydrogen-bond donors (Lipinski definition) is 1. The van der Waals surface area contributed by atoms with Gasteiger partial charge in [-0.2, -0.15) is 0 Å². The summed E-state index contributed by atoms with van der Waals surface area (Å²) in [5, 5.41) is 3.65. The molecule has 0 saturated carbocycles. The van der Waals surface area contributed by atoms with Crippen molar-refractivity contribution in [3.63, 3.8) is 0 Å². The summed E-state index contributed by atoms with van der Waals surface area (Å²) in [5.74, 6) is 0.508. The van der Waals surface area contributed by atoms with Crippen LogP contribution in [0.2, 0.25) is 5.02 Å². The van der Waals surface area contributed by atoms with Gasteiger partial charge in [-0.25, -0.2) is 0 Å². The molecular formula is C17H21ClN2O2. The smallest absolute Gasteiger partial charge is 0.228 e. The number of halogens is 1. The average molecular weight is 321 g/mol. The topological polar surface area (TPSA) is 45.5 Å². The van der Waals surface area contributed by atoms with Crippen molar-refractivity contribution in [3.8, 4) is 0 Å². The molecule has 0 radical (unpaired) electrons. The molecule has 1 heterocycles. The largest absolute Gasteiger partial charge is 0.469 e. The third kappa shape index (κ3) is 4.90. The Morgan fingerprint density at radius 1 is 1.27 bits per heavy atom. The summed E-state index contributed by atoms with van der Waals surface area (Å²) in [6, 6.07) is 11.1. The maximum atomic E-state index is 12.5. The van der Waals surface area contributed by atoms with Gasteiger partial charge < -0.3 is 14.6 Å². The van der Waals surface area contributed by atoms with Crippen LogP contribution < -0.4 is 5.32 Å². The van der Waals surface area contributed by atoms with E-state index in [4.69, 9.17) is 16.0 Å². The summed E-state index contributed by atoms with van der Waals surface area (Å²) in [7, 11) is 3.96. The third-order valence-corrected chi connectivity index (χ3v) is 3.68. The van der Waals surface area contributed by atoms with Crippen LogP contribution in [0.5, 0.6) is 0 Å². The predicted molar refractivity (Wildman–Crippen MR) is 88.2 cm³/mol. The van der Waals surface area contributed by atoms with Crippen molar-refractivity contribution in [3.05, 3.63) is 59.0 Å². The summed E-state index contributed by atoms with van der Waals surface area (Å²) in [4.78, 5) is 14.6. The molecule has 0 aliphatic carbocycles. The Hall–Kier alpha value is -1.78. The van der Waals surface area contributed by atoms with Gasteiger partial charge in [-0.1, -0.05) is 23.7 Å². The van der Waals surface area contributed by atoms with E-state index in [0.29, 0.717) is 18.0 Å². The number of carbonyl (C=O) groups excluding carboxylic acids is 1. The van der Waals surface area contributed by atoms with E-state index in [9.17, 15) is 4.79 Å². The van der Waals surface area contributed by atoms with Crippen LogP contribution >= 0.6 is 11.6 Å². The van der Waals surface area contributed by atoms with Crippen molar-refractivity contribution in [2.75, 3.05) is 27.2 Å². The Balaban J connectivity index is 2.10. The molecule has 0 aliphatic rings. The molecule has 0 spiro atoms. The molecule has 1 amide bonds. The number of carbonyl (C=O) groups is 1. The number of amides is 1. The van der Waals surface area contributed by atoms with Crippen LogP contribution in [0.3, 0.4) is 0 Å². The van der Waals surface area contributed by atoms with Crippen LogP contribution in [0.1, 0.15) is 17.2 Å². The minimum atomic E-state index is -0.287. The number of furan rings is 1. The Morgan fingerprint density at radius 2 is 2.00 bits per heavy atom. The van der Waals surface area contributed by atoms with E-state index >= 15 is 0 Å².